The van der Waals surface area contributed by atoms with Crippen molar-refractivity contribution in [2.24, 2.45) is 0 Å². The highest BCUT2D eigenvalue weighted by Crippen LogP contribution is 1.75. The molecule has 0 aliphatic heterocycles. The fourth-order valence-electron chi connectivity index (χ4n) is 0. The summed E-state index contributed by atoms with van der Waals surface area (Å²) in [6.07, 6.45) is 0. The molecule has 0 rings (SSSR count). The quantitative estimate of drug-likeness (QED) is 0.384. The predicted molar refractivity (Wildman–Crippen MR) is 32.1 cm³/mol. The lowest BCUT2D eigenvalue weighted by Crippen LogP contribution is -1.72. The van der Waals surface area contributed by atoms with E-state index in [0.717, 1.165) is 0 Å². The summed E-state index contributed by atoms with van der Waals surface area (Å²) in [5, 5.41) is 1.25. The predicted octanol–water partition coefficient (Wildman–Crippen LogP) is 1.55. The Hall–Kier alpha value is 0.470. The van der Waals surface area contributed by atoms with E-state index in [1.54, 1.807) is 0 Å². The van der Waals surface area contributed by atoms with Crippen LogP contribution in [0.15, 0.2) is 0 Å². The number of halogens is 1. The van der Waals surface area contributed by atoms with Gasteiger partial charge in [-0.25, -0.2) is 0 Å². The van der Waals surface area contributed by atoms with E-state index in [1.807, 2.05) is 0 Å². The lowest BCUT2D eigenvalue weighted by Gasteiger charge is -1.61. The van der Waals surface area contributed by atoms with Crippen molar-refractivity contribution in [2.45, 2.75) is 0 Å². The highest BCUT2D eigenvalue weighted by molar-refractivity contribution is 7.90. The van der Waals surface area contributed by atoms with Crippen LogP contribution in [0.5, 0.6) is 0 Å². The third kappa shape index (κ3) is 4.47. The molecule has 5 heavy (non-hydrogen) atoms. The smallest absolute Gasteiger partial charge is 0.0862 e. The molecule has 28 valence electrons. The minimum atomic E-state index is 0.250. The number of rotatable bonds is 1. The van der Waals surface area contributed by atoms with Crippen LogP contribution in [0.3, 0.4) is 0 Å². The van der Waals surface area contributed by atoms with Gasteiger partial charge in [0.2, 0.25) is 0 Å². The Morgan fingerprint density at radius 1 is 1.80 bits per heavy atom. The first-order chi connectivity index (χ1) is 2.27. The average Bonchev–Trinajstić information content (AvgIpc) is 1.38. The van der Waals surface area contributed by atoms with Gasteiger partial charge in [-0.05, 0) is 0 Å². The number of thiocarbonyl (C=S) groups is 2. The molecule has 0 aromatic rings. The second kappa shape index (κ2) is 2.69. The van der Waals surface area contributed by atoms with Crippen molar-refractivity contribution in [1.82, 2.24) is 0 Å². The second-order valence-corrected chi connectivity index (χ2v) is 1.73. The van der Waals surface area contributed by atoms with Crippen LogP contribution in [-0.4, -0.2) is 9.69 Å². The molecule has 0 N–H and O–H groups in total. The third-order valence-electron chi connectivity index (χ3n) is 0.0927. The molecule has 0 nitrogen and oxygen atoms in total. The van der Waals surface area contributed by atoms with Crippen LogP contribution >= 0.6 is 36.0 Å². The first-order valence-electron chi connectivity index (χ1n) is 0.917. The van der Waals surface area contributed by atoms with Gasteiger partial charge in [-0.2, -0.15) is 0 Å². The highest BCUT2D eigenvalue weighted by Gasteiger charge is 1.69. The SMILES string of the molecule is S=CC(=S)Cl. The fourth-order valence-corrected chi connectivity index (χ4v) is 0. The van der Waals surface area contributed by atoms with Crippen LogP contribution in [0.1, 0.15) is 0 Å². The Bertz CT molecular complexity index is 58.7. The first-order valence-corrected chi connectivity index (χ1v) is 2.18. The molecular formula is C2HClS2. The molecule has 0 bridgehead atoms. The lowest BCUT2D eigenvalue weighted by molar-refractivity contribution is 3.63. The van der Waals surface area contributed by atoms with Crippen LogP contribution in [0.25, 0.3) is 0 Å². The topological polar surface area (TPSA) is 0 Å². The minimum absolute atomic E-state index is 0.250. The summed E-state index contributed by atoms with van der Waals surface area (Å²) in [7, 11) is 0. The maximum absolute atomic E-state index is 5.03. The van der Waals surface area contributed by atoms with Gasteiger partial charge in [-0.15, -0.1) is 0 Å². The molecule has 0 fully saturated rings. The summed E-state index contributed by atoms with van der Waals surface area (Å²) >= 11 is 13.6. The van der Waals surface area contributed by atoms with Crippen molar-refractivity contribution in [3.63, 3.8) is 0 Å². The van der Waals surface area contributed by atoms with Crippen LogP contribution in [0.4, 0.5) is 0 Å². The van der Waals surface area contributed by atoms with Gasteiger partial charge in [0.25, 0.3) is 0 Å². The minimum Gasteiger partial charge on any atom is -0.0862 e. The summed E-state index contributed by atoms with van der Waals surface area (Å²) < 4.78 is 0.250. The molecular weight excluding hydrogens is 124 g/mol. The van der Waals surface area contributed by atoms with Crippen LogP contribution in [0, 0.1) is 0 Å². The first kappa shape index (κ1) is 5.47. The molecule has 0 aliphatic carbocycles. The van der Waals surface area contributed by atoms with E-state index in [4.69, 9.17) is 11.6 Å². The van der Waals surface area contributed by atoms with Gasteiger partial charge in [0.15, 0.2) is 0 Å². The Morgan fingerprint density at radius 2 is 2.00 bits per heavy atom. The maximum Gasteiger partial charge on any atom is 0.114 e. The standard InChI is InChI=1S/C2HClS2/c3-2(5)1-4/h1H. The van der Waals surface area contributed by atoms with E-state index >= 15 is 0 Å². The van der Waals surface area contributed by atoms with Crippen molar-refractivity contribution in [2.75, 3.05) is 0 Å². The number of hydrogen-bond donors (Lipinski definition) is 0. The number of hydrogen-bond acceptors (Lipinski definition) is 2. The molecule has 0 aromatic carbocycles. The Labute approximate surface area is 46.1 Å². The Morgan fingerprint density at radius 3 is 2.00 bits per heavy atom. The monoisotopic (exact) mass is 124 g/mol. The van der Waals surface area contributed by atoms with E-state index in [0.29, 0.717) is 0 Å². The van der Waals surface area contributed by atoms with Crippen molar-refractivity contribution >= 4 is 45.7 Å². The maximum atomic E-state index is 5.03. The Balaban J connectivity index is 3.20. The molecule has 0 aromatic heterocycles. The van der Waals surface area contributed by atoms with Gasteiger partial charge in [0.1, 0.15) is 4.32 Å². The van der Waals surface area contributed by atoms with E-state index < -0.39 is 0 Å². The molecule has 0 atom stereocenters. The molecule has 0 saturated heterocycles. The van der Waals surface area contributed by atoms with E-state index in [9.17, 15) is 0 Å². The molecule has 0 unspecified atom stereocenters. The zero-order chi connectivity index (χ0) is 4.28. The third-order valence-corrected chi connectivity index (χ3v) is 0.834. The van der Waals surface area contributed by atoms with Crippen molar-refractivity contribution in [1.29, 1.82) is 0 Å². The van der Waals surface area contributed by atoms with E-state index in [-0.39, 0.29) is 4.32 Å². The zero-order valence-electron chi connectivity index (χ0n) is 2.27. The molecule has 0 saturated carbocycles. The fraction of sp³-hybridized carbons (Fsp3) is 0. The van der Waals surface area contributed by atoms with Gasteiger partial charge in [0.05, 0.1) is 0 Å². The van der Waals surface area contributed by atoms with Gasteiger partial charge in [-0.1, -0.05) is 36.0 Å². The molecule has 3 heteroatoms. The zero-order valence-corrected chi connectivity index (χ0v) is 4.66. The van der Waals surface area contributed by atoms with Crippen molar-refractivity contribution in [3.8, 4) is 0 Å². The summed E-state index contributed by atoms with van der Waals surface area (Å²) in [6, 6.07) is 0. The van der Waals surface area contributed by atoms with Gasteiger partial charge < -0.3 is 0 Å². The summed E-state index contributed by atoms with van der Waals surface area (Å²) in [5.74, 6) is 0. The largest absolute Gasteiger partial charge is 0.114 e. The van der Waals surface area contributed by atoms with Crippen LogP contribution < -0.4 is 0 Å². The summed E-state index contributed by atoms with van der Waals surface area (Å²) in [5.41, 5.74) is 0. The summed E-state index contributed by atoms with van der Waals surface area (Å²) in [6.45, 7) is 0. The van der Waals surface area contributed by atoms with Gasteiger partial charge >= 0.3 is 0 Å². The van der Waals surface area contributed by atoms with Crippen molar-refractivity contribution in [3.05, 3.63) is 0 Å². The molecule has 0 heterocycles. The lowest BCUT2D eigenvalue weighted by atomic mass is 11.0. The van der Waals surface area contributed by atoms with Crippen molar-refractivity contribution < 1.29 is 0 Å². The highest BCUT2D eigenvalue weighted by atomic mass is 35.5. The van der Waals surface area contributed by atoms with Gasteiger partial charge in [0, 0.05) is 5.37 Å². The Kier molecular flexibility index (Phi) is 2.95. The van der Waals surface area contributed by atoms with E-state index in [1.165, 1.54) is 5.37 Å². The normalized spacial score (nSPS) is 6.60. The van der Waals surface area contributed by atoms with Gasteiger partial charge in [-0.3, -0.25) is 0 Å². The molecule has 0 radical (unpaired) electrons. The van der Waals surface area contributed by atoms with Crippen LogP contribution in [0.2, 0.25) is 0 Å². The van der Waals surface area contributed by atoms with Crippen LogP contribution in [-0.2, 0) is 0 Å². The summed E-state index contributed by atoms with van der Waals surface area (Å²) in [4.78, 5) is 0. The average molecular weight is 125 g/mol. The van der Waals surface area contributed by atoms with E-state index in [2.05, 4.69) is 24.4 Å². The second-order valence-electron chi connectivity index (χ2n) is 0.422. The molecule has 0 amide bonds. The molecule has 0 aliphatic rings. The molecule has 0 spiro atoms.